The first-order valence-corrected chi connectivity index (χ1v) is 11.4. The highest BCUT2D eigenvalue weighted by Gasteiger charge is 2.33. The molecule has 7 nitrogen and oxygen atoms in total. The van der Waals surface area contributed by atoms with Gasteiger partial charge in [-0.25, -0.2) is 9.78 Å². The third-order valence-corrected chi connectivity index (χ3v) is 6.30. The van der Waals surface area contributed by atoms with Crippen LogP contribution >= 0.6 is 0 Å². The summed E-state index contributed by atoms with van der Waals surface area (Å²) in [6.45, 7) is 2.25. The number of ether oxygens (including phenoxy) is 1. The molecule has 33 heavy (non-hydrogen) atoms. The van der Waals surface area contributed by atoms with Crippen LogP contribution in [0.3, 0.4) is 0 Å². The molecule has 3 aromatic rings. The number of piperidine rings is 1. The summed E-state index contributed by atoms with van der Waals surface area (Å²) < 4.78 is 5.24. The molecule has 2 aromatic carbocycles. The number of rotatable bonds is 6. The van der Waals surface area contributed by atoms with Crippen molar-refractivity contribution in [2.24, 2.45) is 0 Å². The van der Waals surface area contributed by atoms with E-state index in [0.29, 0.717) is 17.5 Å². The minimum absolute atomic E-state index is 0.0947. The summed E-state index contributed by atoms with van der Waals surface area (Å²) in [5, 5.41) is 1.70. The van der Waals surface area contributed by atoms with E-state index in [0.717, 1.165) is 42.4 Å². The van der Waals surface area contributed by atoms with Crippen molar-refractivity contribution in [3.05, 3.63) is 71.5 Å². The van der Waals surface area contributed by atoms with E-state index >= 15 is 0 Å². The summed E-state index contributed by atoms with van der Waals surface area (Å²) in [4.78, 5) is 46.1. The fourth-order valence-electron chi connectivity index (χ4n) is 4.69. The van der Waals surface area contributed by atoms with E-state index in [9.17, 15) is 14.4 Å². The molecule has 0 atom stereocenters. The molecule has 5 rings (SSSR count). The molecule has 0 N–H and O–H groups in total. The van der Waals surface area contributed by atoms with Crippen LogP contribution in [0.15, 0.2) is 54.7 Å². The molecular formula is C26H25N3O4. The molecule has 7 heteroatoms. The van der Waals surface area contributed by atoms with Crippen LogP contribution in [0.5, 0.6) is 0 Å². The van der Waals surface area contributed by atoms with E-state index in [1.54, 1.807) is 24.3 Å². The normalized spacial score (nSPS) is 15.8. The Morgan fingerprint density at radius 3 is 2.45 bits per heavy atom. The van der Waals surface area contributed by atoms with Gasteiger partial charge in [-0.1, -0.05) is 18.2 Å². The number of imide groups is 1. The van der Waals surface area contributed by atoms with Gasteiger partial charge in [-0.05, 0) is 56.0 Å². The molecule has 0 bridgehead atoms. The molecule has 0 aliphatic carbocycles. The van der Waals surface area contributed by atoms with Gasteiger partial charge in [-0.15, -0.1) is 0 Å². The first kappa shape index (κ1) is 21.1. The van der Waals surface area contributed by atoms with Gasteiger partial charge in [0, 0.05) is 53.4 Å². The first-order valence-electron chi connectivity index (χ1n) is 11.4. The highest BCUT2D eigenvalue weighted by molar-refractivity contribution is 6.26. The summed E-state index contributed by atoms with van der Waals surface area (Å²) >= 11 is 0. The van der Waals surface area contributed by atoms with E-state index in [-0.39, 0.29) is 30.7 Å². The first-order chi connectivity index (χ1) is 16.1. The van der Waals surface area contributed by atoms with Crippen LogP contribution in [0.1, 0.15) is 56.9 Å². The average Bonchev–Trinajstić information content (AvgIpc) is 2.87. The number of pyridine rings is 1. The van der Waals surface area contributed by atoms with E-state index in [4.69, 9.17) is 4.74 Å². The number of anilines is 1. The SMILES string of the molecule is O=C(OCCCN1C(=O)c2cccc3c(N4CCCCC4)ccc(c23)C1=O)c1ccccn1. The van der Waals surface area contributed by atoms with Gasteiger partial charge in [0.1, 0.15) is 5.69 Å². The van der Waals surface area contributed by atoms with Crippen molar-refractivity contribution in [3.63, 3.8) is 0 Å². The smallest absolute Gasteiger partial charge is 0.356 e. The Kier molecular flexibility index (Phi) is 5.77. The van der Waals surface area contributed by atoms with Crippen LogP contribution in [0.25, 0.3) is 10.8 Å². The number of hydrogen-bond donors (Lipinski definition) is 0. The molecule has 0 radical (unpaired) electrons. The molecule has 0 saturated carbocycles. The van der Waals surface area contributed by atoms with Crippen molar-refractivity contribution in [1.29, 1.82) is 0 Å². The predicted molar refractivity (Wildman–Crippen MR) is 125 cm³/mol. The Morgan fingerprint density at radius 2 is 1.70 bits per heavy atom. The van der Waals surface area contributed by atoms with E-state index < -0.39 is 5.97 Å². The van der Waals surface area contributed by atoms with Crippen molar-refractivity contribution < 1.29 is 19.1 Å². The number of esters is 1. The second-order valence-corrected chi connectivity index (χ2v) is 8.37. The molecule has 1 aromatic heterocycles. The van der Waals surface area contributed by atoms with Crippen molar-refractivity contribution in [2.75, 3.05) is 31.1 Å². The average molecular weight is 444 g/mol. The highest BCUT2D eigenvalue weighted by atomic mass is 16.5. The highest BCUT2D eigenvalue weighted by Crippen LogP contribution is 2.36. The van der Waals surface area contributed by atoms with Gasteiger partial charge >= 0.3 is 5.97 Å². The Labute approximate surface area is 192 Å². The predicted octanol–water partition coefficient (Wildman–Crippen LogP) is 4.07. The van der Waals surface area contributed by atoms with Crippen molar-refractivity contribution in [2.45, 2.75) is 25.7 Å². The van der Waals surface area contributed by atoms with E-state index in [1.807, 2.05) is 24.3 Å². The number of carbonyl (C=O) groups excluding carboxylic acids is 3. The number of nitrogens with zero attached hydrogens (tertiary/aromatic N) is 3. The third kappa shape index (κ3) is 3.95. The molecular weight excluding hydrogens is 418 g/mol. The topological polar surface area (TPSA) is 79.8 Å². The molecule has 2 aliphatic rings. The lowest BCUT2D eigenvalue weighted by Gasteiger charge is -2.32. The van der Waals surface area contributed by atoms with Crippen LogP contribution in [0.2, 0.25) is 0 Å². The molecule has 1 fully saturated rings. The molecule has 1 saturated heterocycles. The fourth-order valence-corrected chi connectivity index (χ4v) is 4.69. The zero-order valence-corrected chi connectivity index (χ0v) is 18.3. The van der Waals surface area contributed by atoms with Gasteiger partial charge < -0.3 is 9.64 Å². The molecule has 2 amide bonds. The van der Waals surface area contributed by atoms with Gasteiger partial charge in [0.05, 0.1) is 6.61 Å². The Bertz CT molecular complexity index is 1200. The fraction of sp³-hybridized carbons (Fsp3) is 0.308. The van der Waals surface area contributed by atoms with Crippen LogP contribution in [0.4, 0.5) is 5.69 Å². The quantitative estimate of drug-likeness (QED) is 0.325. The maximum absolute atomic E-state index is 13.2. The van der Waals surface area contributed by atoms with Crippen molar-refractivity contribution in [3.8, 4) is 0 Å². The number of benzene rings is 2. The Balaban J connectivity index is 1.33. The number of hydrogen-bond acceptors (Lipinski definition) is 6. The molecule has 2 aliphatic heterocycles. The maximum Gasteiger partial charge on any atom is 0.356 e. The summed E-state index contributed by atoms with van der Waals surface area (Å²) in [5.41, 5.74) is 2.41. The van der Waals surface area contributed by atoms with Gasteiger partial charge in [0.25, 0.3) is 11.8 Å². The Morgan fingerprint density at radius 1 is 0.909 bits per heavy atom. The van der Waals surface area contributed by atoms with Crippen LogP contribution in [-0.4, -0.2) is 53.9 Å². The molecule has 168 valence electrons. The summed E-state index contributed by atoms with van der Waals surface area (Å²) in [6, 6.07) is 14.5. The Hall–Kier alpha value is -3.74. The van der Waals surface area contributed by atoms with Gasteiger partial charge in [0.15, 0.2) is 0 Å². The standard InChI is InChI=1S/C26H25N3O4/c30-24-19-9-6-8-18-22(28-14-4-1-5-15-28)12-11-20(23(18)19)25(31)29(24)16-7-17-33-26(32)21-10-2-3-13-27-21/h2-3,6,8-13H,1,4-5,7,14-17H2. The maximum atomic E-state index is 13.2. The van der Waals surface area contributed by atoms with Gasteiger partial charge in [-0.2, -0.15) is 0 Å². The number of aromatic nitrogens is 1. The molecule has 0 unspecified atom stereocenters. The minimum atomic E-state index is -0.521. The van der Waals surface area contributed by atoms with Crippen molar-refractivity contribution in [1.82, 2.24) is 9.88 Å². The lowest BCUT2D eigenvalue weighted by Crippen LogP contribution is -2.41. The van der Waals surface area contributed by atoms with Crippen LogP contribution in [0, 0.1) is 0 Å². The van der Waals surface area contributed by atoms with Crippen LogP contribution < -0.4 is 4.90 Å². The van der Waals surface area contributed by atoms with Crippen LogP contribution in [-0.2, 0) is 4.74 Å². The summed E-state index contributed by atoms with van der Waals surface area (Å²) in [7, 11) is 0. The van der Waals surface area contributed by atoms with E-state index in [1.165, 1.54) is 17.5 Å². The second kappa shape index (κ2) is 9.02. The lowest BCUT2D eigenvalue weighted by atomic mass is 9.92. The summed E-state index contributed by atoms with van der Waals surface area (Å²) in [6.07, 6.45) is 5.42. The third-order valence-electron chi connectivity index (χ3n) is 6.30. The number of amides is 2. The van der Waals surface area contributed by atoms with E-state index in [2.05, 4.69) is 9.88 Å². The largest absolute Gasteiger partial charge is 0.461 e. The molecule has 3 heterocycles. The van der Waals surface area contributed by atoms with Crippen molar-refractivity contribution >= 4 is 34.2 Å². The molecule has 0 spiro atoms. The van der Waals surface area contributed by atoms with Gasteiger partial charge in [0.2, 0.25) is 0 Å². The summed E-state index contributed by atoms with van der Waals surface area (Å²) in [5.74, 6) is -1.12. The number of carbonyl (C=O) groups is 3. The zero-order chi connectivity index (χ0) is 22.8. The lowest BCUT2D eigenvalue weighted by molar-refractivity contribution is 0.0470. The monoisotopic (exact) mass is 443 g/mol. The zero-order valence-electron chi connectivity index (χ0n) is 18.3. The minimum Gasteiger partial charge on any atom is -0.461 e. The second-order valence-electron chi connectivity index (χ2n) is 8.37. The van der Waals surface area contributed by atoms with Gasteiger partial charge in [-0.3, -0.25) is 14.5 Å².